The number of halogens is 8. The van der Waals surface area contributed by atoms with Gasteiger partial charge in [-0.15, -0.1) is 0 Å². The van der Waals surface area contributed by atoms with Crippen LogP contribution >= 0.6 is 0 Å². The lowest BCUT2D eigenvalue weighted by molar-refractivity contribution is -0.348. The van der Waals surface area contributed by atoms with E-state index in [0.717, 1.165) is 30.3 Å². The number of rotatable bonds is 6. The maximum absolute atomic E-state index is 15.0. The van der Waals surface area contributed by atoms with Gasteiger partial charge in [-0.3, -0.25) is 9.59 Å². The van der Waals surface area contributed by atoms with Crippen molar-refractivity contribution in [3.05, 3.63) is 65.0 Å². The highest BCUT2D eigenvalue weighted by atomic mass is 32.2. The first-order chi connectivity index (χ1) is 20.3. The quantitative estimate of drug-likeness (QED) is 0.289. The Morgan fingerprint density at radius 1 is 0.886 bits per heavy atom. The molecule has 240 valence electrons. The molecule has 0 unspecified atom stereocenters. The van der Waals surface area contributed by atoms with Gasteiger partial charge in [0.15, 0.2) is 9.84 Å². The third-order valence-corrected chi connectivity index (χ3v) is 12.0. The fraction of sp³-hybridized carbons (Fsp3) is 0.517. The monoisotopic (exact) mass is 653 g/mol. The largest absolute Gasteiger partial charge is 0.481 e. The summed E-state index contributed by atoms with van der Waals surface area (Å²) >= 11 is 0. The summed E-state index contributed by atoms with van der Waals surface area (Å²) in [6, 6.07) is 4.69. The second kappa shape index (κ2) is 10.7. The first-order valence-electron chi connectivity index (χ1n) is 13.8. The van der Waals surface area contributed by atoms with Gasteiger partial charge in [0.05, 0.1) is 10.8 Å². The molecule has 0 aliphatic heterocycles. The predicted molar refractivity (Wildman–Crippen MR) is 138 cm³/mol. The van der Waals surface area contributed by atoms with Crippen LogP contribution in [0.5, 0.6) is 0 Å². The molecule has 2 N–H and O–H groups in total. The number of aliphatic carboxylic acids is 1. The molecule has 5 atom stereocenters. The van der Waals surface area contributed by atoms with Crippen molar-refractivity contribution in [3.63, 3.8) is 0 Å². The number of sulfone groups is 1. The van der Waals surface area contributed by atoms with Crippen LogP contribution in [0.15, 0.2) is 47.4 Å². The molecular weight excluding hydrogens is 626 g/mol. The highest BCUT2D eigenvalue weighted by Crippen LogP contribution is 2.60. The third kappa shape index (κ3) is 4.85. The first-order valence-corrected chi connectivity index (χ1v) is 15.3. The van der Waals surface area contributed by atoms with Crippen molar-refractivity contribution in [2.24, 2.45) is 17.8 Å². The first kappa shape index (κ1) is 32.2. The lowest BCUT2D eigenvalue weighted by atomic mass is 9.72. The molecule has 0 bridgehead atoms. The van der Waals surface area contributed by atoms with Crippen molar-refractivity contribution in [2.75, 3.05) is 0 Å². The summed E-state index contributed by atoms with van der Waals surface area (Å²) in [5.41, 5.74) is -7.84. The average molecular weight is 654 g/mol. The minimum absolute atomic E-state index is 0.0225. The Morgan fingerprint density at radius 2 is 1.52 bits per heavy atom. The zero-order chi connectivity index (χ0) is 32.5. The smallest absolute Gasteiger partial charge is 0.435 e. The van der Waals surface area contributed by atoms with Crippen LogP contribution in [0.4, 0.5) is 35.1 Å². The van der Waals surface area contributed by atoms with Crippen LogP contribution in [-0.4, -0.2) is 43.8 Å². The summed E-state index contributed by atoms with van der Waals surface area (Å²) in [6.07, 6.45) is -12.5. The van der Waals surface area contributed by atoms with E-state index in [1.807, 2.05) is 0 Å². The molecule has 2 aromatic rings. The molecular formula is C29H27F8NO5S. The Balaban J connectivity index is 1.60. The van der Waals surface area contributed by atoms with Gasteiger partial charge in [0.1, 0.15) is 10.6 Å². The normalized spacial score (nSPS) is 27.5. The molecule has 3 aliphatic carbocycles. The van der Waals surface area contributed by atoms with Gasteiger partial charge in [0, 0.05) is 17.5 Å². The van der Waals surface area contributed by atoms with Crippen molar-refractivity contribution in [1.82, 2.24) is 5.32 Å². The van der Waals surface area contributed by atoms with E-state index in [4.69, 9.17) is 0 Å². The number of carboxylic acids is 1. The van der Waals surface area contributed by atoms with Crippen LogP contribution in [0, 0.1) is 23.6 Å². The maximum atomic E-state index is 15.0. The predicted octanol–water partition coefficient (Wildman–Crippen LogP) is 6.13. The van der Waals surface area contributed by atoms with Gasteiger partial charge in [-0.05, 0) is 86.3 Å². The molecule has 3 aliphatic rings. The summed E-state index contributed by atoms with van der Waals surface area (Å²) in [5, 5.41) is 12.1. The van der Waals surface area contributed by atoms with Crippen LogP contribution in [0.3, 0.4) is 0 Å². The number of carbonyl (C=O) groups is 2. The molecule has 0 saturated heterocycles. The van der Waals surface area contributed by atoms with Gasteiger partial charge in [0.2, 0.25) is 5.91 Å². The Bertz CT molecular complexity index is 1560. The Kier molecular flexibility index (Phi) is 7.82. The molecule has 44 heavy (non-hydrogen) atoms. The van der Waals surface area contributed by atoms with E-state index in [9.17, 15) is 58.2 Å². The number of carbonyl (C=O) groups excluding carboxylic acids is 1. The number of aryl methyl sites for hydroxylation is 1. The summed E-state index contributed by atoms with van der Waals surface area (Å²) in [5.74, 6) is -4.91. The zero-order valence-corrected chi connectivity index (χ0v) is 23.6. The van der Waals surface area contributed by atoms with Crippen molar-refractivity contribution in [2.45, 2.75) is 78.7 Å². The van der Waals surface area contributed by atoms with E-state index in [2.05, 4.69) is 5.32 Å². The van der Waals surface area contributed by atoms with Crippen LogP contribution in [-0.2, 0) is 36.3 Å². The molecule has 2 saturated carbocycles. The highest BCUT2D eigenvalue weighted by molar-refractivity contribution is 7.92. The van der Waals surface area contributed by atoms with Crippen LogP contribution < -0.4 is 5.32 Å². The summed E-state index contributed by atoms with van der Waals surface area (Å²) in [7, 11) is -4.57. The number of nitrogens with one attached hydrogen (secondary N) is 1. The Hall–Kier alpha value is -3.23. The molecule has 1 amide bonds. The lowest BCUT2D eigenvalue weighted by Crippen LogP contribution is -2.51. The number of hydrogen-bond donors (Lipinski definition) is 2. The molecule has 0 spiro atoms. The van der Waals surface area contributed by atoms with E-state index in [0.29, 0.717) is 18.9 Å². The number of alkyl halides is 7. The molecule has 6 nitrogen and oxygen atoms in total. The van der Waals surface area contributed by atoms with E-state index in [-0.39, 0.29) is 54.2 Å². The molecule has 0 heterocycles. The second-order valence-corrected chi connectivity index (χ2v) is 13.9. The summed E-state index contributed by atoms with van der Waals surface area (Å²) in [6.45, 7) is 0. The third-order valence-electron chi connectivity index (χ3n) is 9.44. The van der Waals surface area contributed by atoms with Crippen molar-refractivity contribution < 1.29 is 58.2 Å². The zero-order valence-electron chi connectivity index (χ0n) is 22.8. The minimum atomic E-state index is -6.37. The number of benzene rings is 2. The van der Waals surface area contributed by atoms with Crippen molar-refractivity contribution >= 4 is 21.7 Å². The van der Waals surface area contributed by atoms with E-state index in [1.54, 1.807) is 0 Å². The fourth-order valence-corrected chi connectivity index (χ4v) is 9.81. The van der Waals surface area contributed by atoms with E-state index >= 15 is 0 Å². The van der Waals surface area contributed by atoms with Gasteiger partial charge in [-0.1, -0.05) is 18.2 Å². The lowest BCUT2D eigenvalue weighted by Gasteiger charge is -2.42. The van der Waals surface area contributed by atoms with Crippen LogP contribution in [0.1, 0.15) is 55.2 Å². The molecule has 2 aromatic carbocycles. The topological polar surface area (TPSA) is 101 Å². The van der Waals surface area contributed by atoms with Gasteiger partial charge in [-0.25, -0.2) is 17.2 Å². The maximum Gasteiger partial charge on any atom is 0.435 e. The van der Waals surface area contributed by atoms with Gasteiger partial charge in [0.25, 0.3) is 0 Å². The molecule has 0 aromatic heterocycles. The number of carboxylic acid groups (broad SMARTS) is 1. The molecule has 5 rings (SSSR count). The standard InChI is InChI=1S/C29H27F8NO5S/c30-18-4-7-20(8-5-18)44(42,43)26-12-11-21(24(39)38-19-6-1-16(14-19)25(40)41)23(26)9-2-15-13-17(3-10-22(15)26)27(31,28(32,33)34)29(35,36)37/h3-5,7-8,10,13,16,19,21,23H,1-2,6,9,11-12,14H2,(H,38,39)(H,40,41)/t16-,19+,21+,23-,26+/m0/s1. The van der Waals surface area contributed by atoms with Gasteiger partial charge in [-0.2, -0.15) is 26.3 Å². The number of fused-ring (bicyclic) bond motifs is 3. The summed E-state index contributed by atoms with van der Waals surface area (Å²) in [4.78, 5) is 24.5. The van der Waals surface area contributed by atoms with Crippen molar-refractivity contribution in [3.8, 4) is 0 Å². The van der Waals surface area contributed by atoms with E-state index < -0.39 is 79.7 Å². The van der Waals surface area contributed by atoms with Crippen LogP contribution in [0.2, 0.25) is 0 Å². The average Bonchev–Trinajstić information content (AvgIpc) is 3.57. The fourth-order valence-electron chi connectivity index (χ4n) is 7.34. The summed E-state index contributed by atoms with van der Waals surface area (Å²) < 4.78 is 137. The highest BCUT2D eigenvalue weighted by Gasteiger charge is 2.74. The Morgan fingerprint density at radius 3 is 2.09 bits per heavy atom. The molecule has 0 radical (unpaired) electrons. The second-order valence-electron chi connectivity index (χ2n) is 11.7. The molecule has 15 heteroatoms. The number of hydrogen-bond acceptors (Lipinski definition) is 4. The molecule has 2 fully saturated rings. The number of amides is 1. The SMILES string of the molecule is O=C(O)[C@H]1CC[C@@H](NC(=O)[C@@H]2CC[C@@]3(S(=O)(=O)c4ccc(F)cc4)c4ccc(C(F)(C(F)(F)F)C(F)(F)F)cc4CC[C@@H]23)C1. The Labute approximate surface area is 246 Å². The van der Waals surface area contributed by atoms with E-state index in [1.165, 1.54) is 0 Å². The van der Waals surface area contributed by atoms with Crippen LogP contribution in [0.25, 0.3) is 0 Å². The van der Waals surface area contributed by atoms with Crippen molar-refractivity contribution in [1.29, 1.82) is 0 Å². The van der Waals surface area contributed by atoms with Gasteiger partial charge >= 0.3 is 24.0 Å². The van der Waals surface area contributed by atoms with Gasteiger partial charge < -0.3 is 10.4 Å². The minimum Gasteiger partial charge on any atom is -0.481 e.